The third-order valence-electron chi connectivity index (χ3n) is 1.90. The first-order chi connectivity index (χ1) is 6.27. The first-order valence-electron chi connectivity index (χ1n) is 4.00. The van der Waals surface area contributed by atoms with Crippen molar-refractivity contribution in [1.29, 1.82) is 0 Å². The lowest BCUT2D eigenvalue weighted by molar-refractivity contribution is 0.628. The Bertz CT molecular complexity index is 420. The van der Waals surface area contributed by atoms with Crippen LogP contribution in [0.25, 0.3) is 11.4 Å². The molecule has 2 nitrogen and oxygen atoms in total. The third kappa shape index (κ3) is 1.45. The van der Waals surface area contributed by atoms with Crippen LogP contribution >= 0.6 is 0 Å². The monoisotopic (exact) mass is 176 g/mol. The molecular formula is C10H9FN2. The normalized spacial score (nSPS) is 10.3. The highest BCUT2D eigenvalue weighted by Gasteiger charge is 2.02. The predicted octanol–water partition coefficient (Wildman–Crippen LogP) is 2.23. The van der Waals surface area contributed by atoms with Gasteiger partial charge in [0.05, 0.1) is 0 Å². The summed E-state index contributed by atoms with van der Waals surface area (Å²) < 4.78 is 14.7. The standard InChI is InChI=1S/C10H9FN2/c1-13-6-5-12-10(13)8-3-2-4-9(11)7-8/h2-7H,1H3. The van der Waals surface area contributed by atoms with Crippen molar-refractivity contribution in [3.05, 3.63) is 42.5 Å². The molecule has 0 fully saturated rings. The lowest BCUT2D eigenvalue weighted by Gasteiger charge is -2.00. The Morgan fingerprint density at radius 1 is 1.38 bits per heavy atom. The van der Waals surface area contributed by atoms with Crippen LogP contribution in [-0.2, 0) is 7.05 Å². The number of aryl methyl sites for hydroxylation is 1. The molecule has 66 valence electrons. The SMILES string of the molecule is Cn1ccnc1-c1cccc(F)c1. The first kappa shape index (κ1) is 7.98. The zero-order valence-electron chi connectivity index (χ0n) is 7.24. The molecule has 0 saturated carbocycles. The van der Waals surface area contributed by atoms with Gasteiger partial charge in [-0.05, 0) is 12.1 Å². The number of halogens is 1. The van der Waals surface area contributed by atoms with E-state index in [1.807, 2.05) is 23.9 Å². The Kier molecular flexibility index (Phi) is 1.85. The van der Waals surface area contributed by atoms with Crippen molar-refractivity contribution in [2.75, 3.05) is 0 Å². The fourth-order valence-corrected chi connectivity index (χ4v) is 1.27. The molecule has 1 aromatic heterocycles. The van der Waals surface area contributed by atoms with Crippen molar-refractivity contribution < 1.29 is 4.39 Å². The summed E-state index contributed by atoms with van der Waals surface area (Å²) >= 11 is 0. The number of rotatable bonds is 1. The second kappa shape index (κ2) is 3.01. The van der Waals surface area contributed by atoms with E-state index in [4.69, 9.17) is 0 Å². The van der Waals surface area contributed by atoms with E-state index in [1.165, 1.54) is 12.1 Å². The van der Waals surface area contributed by atoms with Crippen molar-refractivity contribution in [2.24, 2.45) is 7.05 Å². The molecule has 0 atom stereocenters. The maximum absolute atomic E-state index is 12.9. The second-order valence-electron chi connectivity index (χ2n) is 2.87. The minimum Gasteiger partial charge on any atom is -0.334 e. The Morgan fingerprint density at radius 2 is 2.23 bits per heavy atom. The van der Waals surface area contributed by atoms with Gasteiger partial charge in [0.1, 0.15) is 11.6 Å². The van der Waals surface area contributed by atoms with E-state index in [0.29, 0.717) is 0 Å². The topological polar surface area (TPSA) is 17.8 Å². The molecule has 0 aliphatic rings. The van der Waals surface area contributed by atoms with Crippen molar-refractivity contribution in [1.82, 2.24) is 9.55 Å². The summed E-state index contributed by atoms with van der Waals surface area (Å²) in [4.78, 5) is 4.12. The molecule has 0 N–H and O–H groups in total. The number of benzene rings is 1. The van der Waals surface area contributed by atoms with E-state index < -0.39 is 0 Å². The van der Waals surface area contributed by atoms with Crippen molar-refractivity contribution in [3.8, 4) is 11.4 Å². The molecule has 1 aromatic carbocycles. The Labute approximate surface area is 75.7 Å². The van der Waals surface area contributed by atoms with Gasteiger partial charge >= 0.3 is 0 Å². The summed E-state index contributed by atoms with van der Waals surface area (Å²) in [6.07, 6.45) is 3.53. The van der Waals surface area contributed by atoms with Crippen LogP contribution < -0.4 is 0 Å². The van der Waals surface area contributed by atoms with Gasteiger partial charge in [-0.2, -0.15) is 0 Å². The fourth-order valence-electron chi connectivity index (χ4n) is 1.27. The summed E-state index contributed by atoms with van der Waals surface area (Å²) in [7, 11) is 1.88. The van der Waals surface area contributed by atoms with Gasteiger partial charge in [0, 0.05) is 25.0 Å². The minimum absolute atomic E-state index is 0.236. The van der Waals surface area contributed by atoms with Gasteiger partial charge in [0.15, 0.2) is 0 Å². The number of aromatic nitrogens is 2. The van der Waals surface area contributed by atoms with Crippen LogP contribution in [0.4, 0.5) is 4.39 Å². The number of hydrogen-bond donors (Lipinski definition) is 0. The molecule has 2 rings (SSSR count). The summed E-state index contributed by atoms with van der Waals surface area (Å²) in [5, 5.41) is 0. The van der Waals surface area contributed by atoms with Gasteiger partial charge in [-0.25, -0.2) is 9.37 Å². The van der Waals surface area contributed by atoms with E-state index >= 15 is 0 Å². The lowest BCUT2D eigenvalue weighted by atomic mass is 10.2. The zero-order chi connectivity index (χ0) is 9.26. The van der Waals surface area contributed by atoms with Gasteiger partial charge in [0.25, 0.3) is 0 Å². The molecule has 0 spiro atoms. The lowest BCUT2D eigenvalue weighted by Crippen LogP contribution is -1.91. The third-order valence-corrected chi connectivity index (χ3v) is 1.90. The highest BCUT2D eigenvalue weighted by atomic mass is 19.1. The van der Waals surface area contributed by atoms with Crippen molar-refractivity contribution in [3.63, 3.8) is 0 Å². The first-order valence-corrected chi connectivity index (χ1v) is 4.00. The molecule has 0 unspecified atom stereocenters. The Hall–Kier alpha value is -1.64. The molecule has 0 saturated heterocycles. The molecule has 0 bridgehead atoms. The van der Waals surface area contributed by atoms with E-state index in [1.54, 1.807) is 12.3 Å². The highest BCUT2D eigenvalue weighted by Crippen LogP contribution is 2.16. The van der Waals surface area contributed by atoms with E-state index in [9.17, 15) is 4.39 Å². The molecule has 2 aromatic rings. The van der Waals surface area contributed by atoms with E-state index in [0.717, 1.165) is 11.4 Å². The molecule has 1 heterocycles. The number of imidazole rings is 1. The summed E-state index contributed by atoms with van der Waals surface area (Å²) in [5.74, 6) is 0.542. The summed E-state index contributed by atoms with van der Waals surface area (Å²) in [6, 6.07) is 6.42. The number of nitrogens with zero attached hydrogens (tertiary/aromatic N) is 2. The smallest absolute Gasteiger partial charge is 0.139 e. The van der Waals surface area contributed by atoms with Gasteiger partial charge in [-0.15, -0.1) is 0 Å². The Morgan fingerprint density at radius 3 is 2.85 bits per heavy atom. The molecular weight excluding hydrogens is 167 g/mol. The molecule has 13 heavy (non-hydrogen) atoms. The van der Waals surface area contributed by atoms with Gasteiger partial charge in [-0.1, -0.05) is 12.1 Å². The van der Waals surface area contributed by atoms with Crippen LogP contribution in [0.3, 0.4) is 0 Å². The van der Waals surface area contributed by atoms with Crippen LogP contribution in [-0.4, -0.2) is 9.55 Å². The van der Waals surface area contributed by atoms with Gasteiger partial charge in [0.2, 0.25) is 0 Å². The van der Waals surface area contributed by atoms with E-state index in [2.05, 4.69) is 4.98 Å². The minimum atomic E-state index is -0.236. The van der Waals surface area contributed by atoms with Crippen LogP contribution in [0.2, 0.25) is 0 Å². The van der Waals surface area contributed by atoms with Gasteiger partial charge in [-0.3, -0.25) is 0 Å². The van der Waals surface area contributed by atoms with Crippen LogP contribution in [0.15, 0.2) is 36.7 Å². The van der Waals surface area contributed by atoms with Crippen LogP contribution in [0, 0.1) is 5.82 Å². The average Bonchev–Trinajstić information content (AvgIpc) is 2.51. The average molecular weight is 176 g/mol. The second-order valence-corrected chi connectivity index (χ2v) is 2.87. The maximum Gasteiger partial charge on any atom is 0.139 e. The molecule has 0 amide bonds. The molecule has 0 radical (unpaired) electrons. The zero-order valence-corrected chi connectivity index (χ0v) is 7.24. The van der Waals surface area contributed by atoms with Crippen LogP contribution in [0.1, 0.15) is 0 Å². The van der Waals surface area contributed by atoms with Crippen molar-refractivity contribution >= 4 is 0 Å². The summed E-state index contributed by atoms with van der Waals surface area (Å²) in [6.45, 7) is 0. The van der Waals surface area contributed by atoms with E-state index in [-0.39, 0.29) is 5.82 Å². The Balaban J connectivity index is 2.53. The van der Waals surface area contributed by atoms with Gasteiger partial charge < -0.3 is 4.57 Å². The van der Waals surface area contributed by atoms with Crippen molar-refractivity contribution in [2.45, 2.75) is 0 Å². The predicted molar refractivity (Wildman–Crippen MR) is 48.6 cm³/mol. The molecule has 3 heteroatoms. The van der Waals surface area contributed by atoms with Crippen LogP contribution in [0.5, 0.6) is 0 Å². The largest absolute Gasteiger partial charge is 0.334 e. The molecule has 0 aliphatic carbocycles. The maximum atomic E-state index is 12.9. The summed E-state index contributed by atoms with van der Waals surface area (Å²) in [5.41, 5.74) is 0.799. The quantitative estimate of drug-likeness (QED) is 0.651. The number of hydrogen-bond acceptors (Lipinski definition) is 1. The molecule has 0 aliphatic heterocycles. The fraction of sp³-hybridized carbons (Fsp3) is 0.100. The highest BCUT2D eigenvalue weighted by molar-refractivity contribution is 5.55.